The summed E-state index contributed by atoms with van der Waals surface area (Å²) in [6, 6.07) is 28.6. The maximum atomic E-state index is 13.3. The van der Waals surface area contributed by atoms with E-state index in [1.54, 1.807) is 30.3 Å². The Morgan fingerprint density at radius 3 is 2.07 bits per heavy atom. The minimum Gasteiger partial charge on any atom is -0.469 e. The van der Waals surface area contributed by atoms with Crippen molar-refractivity contribution in [3.8, 4) is 16.9 Å². The molecule has 1 aliphatic carbocycles. The van der Waals surface area contributed by atoms with Gasteiger partial charge in [-0.1, -0.05) is 78.9 Å². The van der Waals surface area contributed by atoms with Gasteiger partial charge in [-0.05, 0) is 52.1 Å². The molecule has 2 unspecified atom stereocenters. The van der Waals surface area contributed by atoms with Crippen LogP contribution in [-0.4, -0.2) is 40.1 Å². The van der Waals surface area contributed by atoms with Crippen LogP contribution in [0.1, 0.15) is 34.9 Å². The summed E-state index contributed by atoms with van der Waals surface area (Å²) >= 11 is 0. The van der Waals surface area contributed by atoms with Gasteiger partial charge < -0.3 is 19.4 Å². The monoisotopic (exact) mass is 571 g/mol. The molecule has 0 aliphatic heterocycles. The highest BCUT2D eigenvalue weighted by Crippen LogP contribution is 2.44. The van der Waals surface area contributed by atoms with Crippen molar-refractivity contribution in [2.45, 2.75) is 29.2 Å². The van der Waals surface area contributed by atoms with Crippen LogP contribution in [0.2, 0.25) is 0 Å². The summed E-state index contributed by atoms with van der Waals surface area (Å²) in [5.41, 5.74) is 11.1. The lowest BCUT2D eigenvalue weighted by molar-refractivity contribution is -0.147. The highest BCUT2D eigenvalue weighted by atomic mass is 32.2. The SMILES string of the molecule is COC(=O)CC(c1cccc(OS(=O)(=O)c2ccccc2)c1)C(N)C(=O)OCC1c2ccccc2-c2ccccc21. The normalized spacial score (nSPS) is 13.9. The van der Waals surface area contributed by atoms with E-state index in [0.29, 0.717) is 5.56 Å². The highest BCUT2D eigenvalue weighted by Gasteiger charge is 2.33. The second-order valence-corrected chi connectivity index (χ2v) is 11.2. The molecule has 8 nitrogen and oxygen atoms in total. The van der Waals surface area contributed by atoms with Crippen LogP contribution in [0.3, 0.4) is 0 Å². The number of benzene rings is 4. The topological polar surface area (TPSA) is 122 Å². The number of rotatable bonds is 10. The lowest BCUT2D eigenvalue weighted by Gasteiger charge is -2.23. The predicted octanol–water partition coefficient (Wildman–Crippen LogP) is 4.78. The molecule has 2 N–H and O–H groups in total. The zero-order chi connectivity index (χ0) is 29.0. The maximum absolute atomic E-state index is 13.3. The van der Waals surface area contributed by atoms with Gasteiger partial charge >= 0.3 is 22.1 Å². The number of esters is 2. The Bertz CT molecular complexity index is 1620. The van der Waals surface area contributed by atoms with Crippen molar-refractivity contribution >= 4 is 22.1 Å². The smallest absolute Gasteiger partial charge is 0.339 e. The molecule has 0 spiro atoms. The molecular weight excluding hydrogens is 542 g/mol. The Kier molecular flexibility index (Phi) is 8.19. The molecule has 210 valence electrons. The van der Waals surface area contributed by atoms with Gasteiger partial charge in [0.2, 0.25) is 0 Å². The molecule has 0 aromatic heterocycles. The second kappa shape index (κ2) is 12.0. The van der Waals surface area contributed by atoms with Gasteiger partial charge in [0.25, 0.3) is 0 Å². The minimum absolute atomic E-state index is 0.00754. The van der Waals surface area contributed by atoms with Gasteiger partial charge in [0.1, 0.15) is 23.3 Å². The Morgan fingerprint density at radius 2 is 1.44 bits per heavy atom. The van der Waals surface area contributed by atoms with Crippen LogP contribution in [-0.2, 0) is 29.2 Å². The van der Waals surface area contributed by atoms with E-state index in [1.807, 2.05) is 48.5 Å². The van der Waals surface area contributed by atoms with Gasteiger partial charge in [-0.2, -0.15) is 8.42 Å². The van der Waals surface area contributed by atoms with E-state index in [-0.39, 0.29) is 29.6 Å². The minimum atomic E-state index is -4.10. The van der Waals surface area contributed by atoms with Crippen LogP contribution >= 0.6 is 0 Å². The molecule has 4 aromatic carbocycles. The fourth-order valence-corrected chi connectivity index (χ4v) is 6.08. The number of carbonyl (C=O) groups excluding carboxylic acids is 2. The van der Waals surface area contributed by atoms with E-state index in [9.17, 15) is 18.0 Å². The molecule has 41 heavy (non-hydrogen) atoms. The first-order chi connectivity index (χ1) is 19.8. The van der Waals surface area contributed by atoms with Crippen LogP contribution in [0.15, 0.2) is 108 Å². The van der Waals surface area contributed by atoms with Gasteiger partial charge in [0.15, 0.2) is 0 Å². The molecule has 5 rings (SSSR count). The second-order valence-electron chi connectivity index (χ2n) is 9.69. The Hall–Kier alpha value is -4.47. The Balaban J connectivity index is 1.35. The number of nitrogens with two attached hydrogens (primary N) is 1. The lowest BCUT2D eigenvalue weighted by Crippen LogP contribution is -2.39. The summed E-state index contributed by atoms with van der Waals surface area (Å²) < 4.78 is 41.4. The van der Waals surface area contributed by atoms with Crippen LogP contribution in [0, 0.1) is 0 Å². The van der Waals surface area contributed by atoms with E-state index in [4.69, 9.17) is 19.4 Å². The average Bonchev–Trinajstić information content (AvgIpc) is 3.32. The molecule has 2 atom stereocenters. The Labute approximate surface area is 238 Å². The number of fused-ring (bicyclic) bond motifs is 3. The average molecular weight is 572 g/mol. The summed E-state index contributed by atoms with van der Waals surface area (Å²) in [5, 5.41) is 0. The molecule has 0 saturated carbocycles. The molecule has 0 saturated heterocycles. The number of hydrogen-bond acceptors (Lipinski definition) is 8. The summed E-state index contributed by atoms with van der Waals surface area (Å²) in [6.45, 7) is 0.0734. The summed E-state index contributed by atoms with van der Waals surface area (Å²) in [5.74, 6) is -2.27. The van der Waals surface area contributed by atoms with Gasteiger partial charge in [0, 0.05) is 11.8 Å². The highest BCUT2D eigenvalue weighted by molar-refractivity contribution is 7.87. The number of carbonyl (C=O) groups is 2. The fraction of sp³-hybridized carbons (Fsp3) is 0.188. The van der Waals surface area contributed by atoms with Crippen molar-refractivity contribution in [1.29, 1.82) is 0 Å². The van der Waals surface area contributed by atoms with E-state index in [1.165, 1.54) is 31.4 Å². The molecule has 0 bridgehead atoms. The van der Waals surface area contributed by atoms with Crippen LogP contribution in [0.5, 0.6) is 5.75 Å². The van der Waals surface area contributed by atoms with Gasteiger partial charge in [-0.25, -0.2) is 0 Å². The third kappa shape index (κ3) is 6.01. The van der Waals surface area contributed by atoms with E-state index in [0.717, 1.165) is 22.3 Å². The molecule has 4 aromatic rings. The van der Waals surface area contributed by atoms with Crippen molar-refractivity contribution in [3.05, 3.63) is 120 Å². The van der Waals surface area contributed by atoms with Gasteiger partial charge in [-0.3, -0.25) is 9.59 Å². The quantitative estimate of drug-likeness (QED) is 0.213. The summed E-state index contributed by atoms with van der Waals surface area (Å²) in [7, 11) is -2.86. The Morgan fingerprint density at radius 1 is 0.829 bits per heavy atom. The summed E-state index contributed by atoms with van der Waals surface area (Å²) in [6.07, 6.45) is -0.225. The van der Waals surface area contributed by atoms with Crippen LogP contribution < -0.4 is 9.92 Å². The van der Waals surface area contributed by atoms with Crippen LogP contribution in [0.25, 0.3) is 11.1 Å². The molecule has 9 heteroatoms. The molecule has 1 aliphatic rings. The zero-order valence-corrected chi connectivity index (χ0v) is 23.1. The number of hydrogen-bond donors (Lipinski definition) is 1. The first-order valence-corrected chi connectivity index (χ1v) is 14.5. The van der Waals surface area contributed by atoms with Crippen molar-refractivity contribution in [1.82, 2.24) is 0 Å². The molecule has 0 radical (unpaired) electrons. The van der Waals surface area contributed by atoms with Crippen molar-refractivity contribution in [2.75, 3.05) is 13.7 Å². The zero-order valence-electron chi connectivity index (χ0n) is 22.3. The number of methoxy groups -OCH3 is 1. The van der Waals surface area contributed by atoms with Gasteiger partial charge in [0.05, 0.1) is 13.5 Å². The maximum Gasteiger partial charge on any atom is 0.339 e. The van der Waals surface area contributed by atoms with E-state index >= 15 is 0 Å². The molecule has 0 heterocycles. The first kappa shape index (κ1) is 28.1. The third-order valence-electron chi connectivity index (χ3n) is 7.20. The van der Waals surface area contributed by atoms with Gasteiger partial charge in [-0.15, -0.1) is 0 Å². The lowest BCUT2D eigenvalue weighted by atomic mass is 9.88. The molecule has 0 fully saturated rings. The van der Waals surface area contributed by atoms with Crippen LogP contribution in [0.4, 0.5) is 0 Å². The molecular formula is C32H29NO7S. The predicted molar refractivity (Wildman–Crippen MR) is 153 cm³/mol. The third-order valence-corrected chi connectivity index (χ3v) is 8.46. The van der Waals surface area contributed by atoms with E-state index in [2.05, 4.69) is 0 Å². The fourth-order valence-electron chi connectivity index (χ4n) is 5.14. The van der Waals surface area contributed by atoms with Crippen molar-refractivity contribution < 1.29 is 31.7 Å². The number of ether oxygens (including phenoxy) is 2. The van der Waals surface area contributed by atoms with Crippen molar-refractivity contribution in [3.63, 3.8) is 0 Å². The largest absolute Gasteiger partial charge is 0.469 e. The standard InChI is InChI=1S/C32H29NO7S/c1-38-30(34)19-28(21-10-9-11-22(18-21)40-41(36,37)23-12-3-2-4-13-23)31(33)32(35)39-20-29-26-16-7-5-14-24(26)25-15-6-8-17-27(25)29/h2-18,28-29,31H,19-20,33H2,1H3. The van der Waals surface area contributed by atoms with E-state index < -0.39 is 34.0 Å². The van der Waals surface area contributed by atoms with Crippen molar-refractivity contribution in [2.24, 2.45) is 5.73 Å². The first-order valence-electron chi connectivity index (χ1n) is 13.0. The summed E-state index contributed by atoms with van der Waals surface area (Å²) in [4.78, 5) is 25.6. The molecule has 0 amide bonds.